The van der Waals surface area contributed by atoms with Crippen LogP contribution >= 0.6 is 0 Å². The van der Waals surface area contributed by atoms with Gasteiger partial charge in [-0.3, -0.25) is 20.4 Å². The Morgan fingerprint density at radius 1 is 0.897 bits per heavy atom. The second-order valence-electron chi connectivity index (χ2n) is 6.99. The van der Waals surface area contributed by atoms with E-state index in [1.54, 1.807) is 24.3 Å². The molecule has 0 fully saturated rings. The van der Waals surface area contributed by atoms with Gasteiger partial charge in [-0.1, -0.05) is 38.3 Å². The van der Waals surface area contributed by atoms with Crippen LogP contribution in [0, 0.1) is 13.8 Å². The topological polar surface area (TPSA) is 76.7 Å². The summed E-state index contributed by atoms with van der Waals surface area (Å²) in [5, 5.41) is 0. The highest BCUT2D eigenvalue weighted by Gasteiger charge is 2.09. The molecule has 0 radical (unpaired) electrons. The molecule has 2 rings (SSSR count). The van der Waals surface area contributed by atoms with E-state index < -0.39 is 11.8 Å². The quantitative estimate of drug-likeness (QED) is 0.467. The molecule has 2 aromatic rings. The van der Waals surface area contributed by atoms with E-state index >= 15 is 0 Å². The molecule has 0 unspecified atom stereocenters. The van der Waals surface area contributed by atoms with Crippen molar-refractivity contribution in [1.29, 1.82) is 0 Å². The van der Waals surface area contributed by atoms with Gasteiger partial charge >= 0.3 is 0 Å². The van der Waals surface area contributed by atoms with Crippen molar-refractivity contribution in [1.82, 2.24) is 10.9 Å². The number of carbonyl (C=O) groups is 2. The van der Waals surface area contributed by atoms with Crippen molar-refractivity contribution >= 4 is 11.8 Å². The molecule has 6 nitrogen and oxygen atoms in total. The Hall–Kier alpha value is -3.02. The highest BCUT2D eigenvalue weighted by molar-refractivity contribution is 5.95. The van der Waals surface area contributed by atoms with Gasteiger partial charge in [0.15, 0.2) is 6.61 Å². The molecule has 0 aliphatic heterocycles. The number of rotatable bonds is 10. The zero-order valence-corrected chi connectivity index (χ0v) is 17.4. The van der Waals surface area contributed by atoms with E-state index in [0.29, 0.717) is 17.9 Å². The number of nitrogens with one attached hydrogen (secondary N) is 2. The Balaban J connectivity index is 1.72. The predicted octanol–water partition coefficient (Wildman–Crippen LogP) is 4.10. The van der Waals surface area contributed by atoms with Crippen LogP contribution in [0.2, 0.25) is 0 Å². The average molecular weight is 399 g/mol. The van der Waals surface area contributed by atoms with Gasteiger partial charge < -0.3 is 9.47 Å². The van der Waals surface area contributed by atoms with Crippen molar-refractivity contribution in [2.75, 3.05) is 13.2 Å². The molecule has 2 N–H and O–H groups in total. The highest BCUT2D eigenvalue weighted by atomic mass is 16.5. The number of ether oxygens (including phenoxy) is 2. The number of hydrogen-bond acceptors (Lipinski definition) is 4. The molecule has 0 heterocycles. The fourth-order valence-electron chi connectivity index (χ4n) is 2.66. The van der Waals surface area contributed by atoms with Crippen molar-refractivity contribution in [2.24, 2.45) is 0 Å². The number of amides is 2. The number of carbonyl (C=O) groups excluding carboxylic acids is 2. The second kappa shape index (κ2) is 11.7. The fraction of sp³-hybridized carbons (Fsp3) is 0.391. The van der Waals surface area contributed by atoms with E-state index in [0.717, 1.165) is 29.7 Å². The Kier molecular flexibility index (Phi) is 9.02. The molecule has 0 aromatic heterocycles. The lowest BCUT2D eigenvalue weighted by molar-refractivity contribution is -0.123. The van der Waals surface area contributed by atoms with Gasteiger partial charge in [-0.2, -0.15) is 0 Å². The lowest BCUT2D eigenvalue weighted by atomic mass is 10.1. The van der Waals surface area contributed by atoms with Crippen LogP contribution < -0.4 is 20.3 Å². The van der Waals surface area contributed by atoms with E-state index in [-0.39, 0.29) is 6.61 Å². The van der Waals surface area contributed by atoms with Crippen LogP contribution in [0.1, 0.15) is 54.1 Å². The largest absolute Gasteiger partial charge is 0.494 e. The molecule has 0 saturated heterocycles. The lowest BCUT2D eigenvalue weighted by Gasteiger charge is -2.11. The third kappa shape index (κ3) is 7.86. The summed E-state index contributed by atoms with van der Waals surface area (Å²) < 4.78 is 11.2. The van der Waals surface area contributed by atoms with Gasteiger partial charge in [-0.15, -0.1) is 0 Å². The first-order valence-electron chi connectivity index (χ1n) is 10.0. The molecule has 0 spiro atoms. The minimum atomic E-state index is -0.439. The monoisotopic (exact) mass is 398 g/mol. The van der Waals surface area contributed by atoms with Crippen LogP contribution in [0.4, 0.5) is 0 Å². The minimum absolute atomic E-state index is 0.185. The molecule has 2 amide bonds. The van der Waals surface area contributed by atoms with Crippen LogP contribution in [-0.2, 0) is 4.79 Å². The summed E-state index contributed by atoms with van der Waals surface area (Å²) >= 11 is 0. The molecular weight excluding hydrogens is 368 g/mol. The summed E-state index contributed by atoms with van der Waals surface area (Å²) in [5.41, 5.74) is 7.17. The molecule has 2 aromatic carbocycles. The highest BCUT2D eigenvalue weighted by Crippen LogP contribution is 2.18. The Morgan fingerprint density at radius 2 is 1.66 bits per heavy atom. The molecular formula is C23H30N2O4. The van der Waals surface area contributed by atoms with Crippen molar-refractivity contribution in [3.63, 3.8) is 0 Å². The van der Waals surface area contributed by atoms with Crippen LogP contribution in [0.3, 0.4) is 0 Å². The van der Waals surface area contributed by atoms with Gasteiger partial charge in [-0.05, 0) is 61.7 Å². The first-order valence-corrected chi connectivity index (χ1v) is 10.0. The fourth-order valence-corrected chi connectivity index (χ4v) is 2.66. The Labute approximate surface area is 172 Å². The summed E-state index contributed by atoms with van der Waals surface area (Å²) in [4.78, 5) is 24.1. The third-order valence-corrected chi connectivity index (χ3v) is 4.40. The van der Waals surface area contributed by atoms with Crippen LogP contribution in [-0.4, -0.2) is 25.0 Å². The first kappa shape index (κ1) is 22.3. The van der Waals surface area contributed by atoms with E-state index in [9.17, 15) is 9.59 Å². The molecule has 29 heavy (non-hydrogen) atoms. The summed E-state index contributed by atoms with van der Waals surface area (Å²) in [7, 11) is 0. The van der Waals surface area contributed by atoms with Crippen molar-refractivity contribution in [3.8, 4) is 11.5 Å². The first-order chi connectivity index (χ1) is 14.0. The van der Waals surface area contributed by atoms with Gasteiger partial charge in [0.1, 0.15) is 11.5 Å². The molecule has 0 saturated carbocycles. The van der Waals surface area contributed by atoms with E-state index in [4.69, 9.17) is 9.47 Å². The van der Waals surface area contributed by atoms with E-state index in [2.05, 4.69) is 17.8 Å². The number of hydrogen-bond donors (Lipinski definition) is 2. The van der Waals surface area contributed by atoms with Crippen LogP contribution in [0.5, 0.6) is 11.5 Å². The van der Waals surface area contributed by atoms with E-state index in [1.807, 2.05) is 32.0 Å². The van der Waals surface area contributed by atoms with Crippen molar-refractivity contribution in [2.45, 2.75) is 46.5 Å². The minimum Gasteiger partial charge on any atom is -0.494 e. The maximum atomic E-state index is 12.2. The number of aryl methyl sites for hydroxylation is 2. The van der Waals surface area contributed by atoms with Gasteiger partial charge in [0.2, 0.25) is 0 Å². The summed E-state index contributed by atoms with van der Waals surface area (Å²) in [6.07, 6.45) is 4.58. The normalized spacial score (nSPS) is 10.3. The molecule has 156 valence electrons. The zero-order valence-electron chi connectivity index (χ0n) is 17.4. The summed E-state index contributed by atoms with van der Waals surface area (Å²) in [5.74, 6) is 0.534. The lowest BCUT2D eigenvalue weighted by Crippen LogP contribution is -2.43. The van der Waals surface area contributed by atoms with Crippen LogP contribution in [0.25, 0.3) is 0 Å². The third-order valence-electron chi connectivity index (χ3n) is 4.40. The van der Waals surface area contributed by atoms with Gasteiger partial charge in [0.25, 0.3) is 11.8 Å². The molecule has 0 aliphatic rings. The number of hydrazine groups is 1. The molecule has 0 aliphatic carbocycles. The summed E-state index contributed by atoms with van der Waals surface area (Å²) in [6.45, 7) is 6.52. The zero-order chi connectivity index (χ0) is 21.1. The van der Waals surface area contributed by atoms with Gasteiger partial charge in [0.05, 0.1) is 6.61 Å². The standard InChI is InChI=1S/C23H30N2O4/c1-4-5-6-7-14-28-20-12-10-19(11-13-20)23(27)25-24-22(26)16-29-21-15-17(2)8-9-18(21)3/h8-13,15H,4-7,14,16H2,1-3H3,(H,24,26)(H,25,27). The number of benzene rings is 2. The SMILES string of the molecule is CCCCCCOc1ccc(C(=O)NNC(=O)COc2cc(C)ccc2C)cc1. The summed E-state index contributed by atoms with van der Waals surface area (Å²) in [6, 6.07) is 12.6. The van der Waals surface area contributed by atoms with E-state index in [1.165, 1.54) is 12.8 Å². The number of unbranched alkanes of at least 4 members (excludes halogenated alkanes) is 3. The smallest absolute Gasteiger partial charge is 0.276 e. The Morgan fingerprint density at radius 3 is 2.38 bits per heavy atom. The Bertz CT molecular complexity index is 803. The van der Waals surface area contributed by atoms with Gasteiger partial charge in [-0.25, -0.2) is 0 Å². The molecule has 0 bridgehead atoms. The average Bonchev–Trinajstić information content (AvgIpc) is 2.73. The second-order valence-corrected chi connectivity index (χ2v) is 6.99. The maximum Gasteiger partial charge on any atom is 0.276 e. The maximum absolute atomic E-state index is 12.2. The van der Waals surface area contributed by atoms with Gasteiger partial charge in [0, 0.05) is 5.56 Å². The van der Waals surface area contributed by atoms with Crippen molar-refractivity contribution < 1.29 is 19.1 Å². The molecule has 6 heteroatoms. The molecule has 0 atom stereocenters. The van der Waals surface area contributed by atoms with Crippen molar-refractivity contribution in [3.05, 3.63) is 59.2 Å². The van der Waals surface area contributed by atoms with Crippen LogP contribution in [0.15, 0.2) is 42.5 Å². The predicted molar refractivity (Wildman–Crippen MR) is 113 cm³/mol.